The third-order valence-electron chi connectivity index (χ3n) is 5.78. The highest BCUT2D eigenvalue weighted by molar-refractivity contribution is 4.94. The third kappa shape index (κ3) is 3.16. The number of piperidine rings is 1. The minimum absolute atomic E-state index is 0.799. The minimum Gasteiger partial charge on any atom is -0.312 e. The molecule has 1 aliphatic carbocycles. The summed E-state index contributed by atoms with van der Waals surface area (Å²) in [5.74, 6) is 1.88. The molecule has 2 heteroatoms. The molecule has 4 unspecified atom stereocenters. The van der Waals surface area contributed by atoms with E-state index in [4.69, 9.17) is 0 Å². The van der Waals surface area contributed by atoms with Crippen molar-refractivity contribution in [3.63, 3.8) is 0 Å². The van der Waals surface area contributed by atoms with Gasteiger partial charge in [0, 0.05) is 18.1 Å². The van der Waals surface area contributed by atoms with E-state index >= 15 is 0 Å². The van der Waals surface area contributed by atoms with Crippen LogP contribution in [0.25, 0.3) is 0 Å². The molecule has 2 aliphatic heterocycles. The highest BCUT2D eigenvalue weighted by atomic mass is 15.2. The maximum atomic E-state index is 3.78. The van der Waals surface area contributed by atoms with Crippen LogP contribution in [0.3, 0.4) is 0 Å². The Labute approximate surface area is 119 Å². The Balaban J connectivity index is 1.68. The van der Waals surface area contributed by atoms with Crippen molar-refractivity contribution in [2.24, 2.45) is 11.8 Å². The number of hydrogen-bond donors (Lipinski definition) is 1. The molecule has 3 rings (SSSR count). The number of rotatable bonds is 2. The van der Waals surface area contributed by atoms with E-state index < -0.39 is 0 Å². The van der Waals surface area contributed by atoms with Gasteiger partial charge in [-0.25, -0.2) is 0 Å². The highest BCUT2D eigenvalue weighted by Crippen LogP contribution is 2.36. The zero-order chi connectivity index (χ0) is 13.2. The first-order valence-electron chi connectivity index (χ1n) is 8.73. The lowest BCUT2D eigenvalue weighted by Crippen LogP contribution is -2.55. The van der Waals surface area contributed by atoms with Gasteiger partial charge in [-0.3, -0.25) is 4.90 Å². The Kier molecular flexibility index (Phi) is 4.48. The maximum Gasteiger partial charge on any atom is 0.0252 e. The van der Waals surface area contributed by atoms with Crippen LogP contribution in [0.15, 0.2) is 0 Å². The fourth-order valence-electron chi connectivity index (χ4n) is 5.08. The van der Waals surface area contributed by atoms with E-state index in [1.165, 1.54) is 64.5 Å². The molecule has 3 aliphatic rings. The van der Waals surface area contributed by atoms with Crippen LogP contribution >= 0.6 is 0 Å². The molecule has 2 nitrogen and oxygen atoms in total. The smallest absolute Gasteiger partial charge is 0.0252 e. The van der Waals surface area contributed by atoms with Gasteiger partial charge in [-0.15, -0.1) is 0 Å². The molecule has 110 valence electrons. The Morgan fingerprint density at radius 3 is 2.37 bits per heavy atom. The molecule has 4 atom stereocenters. The summed E-state index contributed by atoms with van der Waals surface area (Å²) in [6, 6.07) is 2.53. The molecule has 0 aromatic carbocycles. The summed E-state index contributed by atoms with van der Waals surface area (Å²) in [7, 11) is 0. The van der Waals surface area contributed by atoms with Crippen molar-refractivity contribution >= 4 is 0 Å². The van der Waals surface area contributed by atoms with Crippen LogP contribution in [0.2, 0.25) is 0 Å². The quantitative estimate of drug-likeness (QED) is 0.822. The van der Waals surface area contributed by atoms with Crippen LogP contribution in [0.5, 0.6) is 0 Å². The van der Waals surface area contributed by atoms with Gasteiger partial charge in [-0.1, -0.05) is 20.3 Å². The lowest BCUT2D eigenvalue weighted by atomic mass is 9.78. The minimum atomic E-state index is 0.799. The number of likely N-dealkylation sites (tertiary alicyclic amines) is 1. The van der Waals surface area contributed by atoms with Crippen molar-refractivity contribution in [3.8, 4) is 0 Å². The zero-order valence-electron chi connectivity index (χ0n) is 12.9. The maximum absolute atomic E-state index is 3.78. The van der Waals surface area contributed by atoms with Crippen molar-refractivity contribution in [2.45, 2.75) is 83.3 Å². The SMILES string of the molecule is CC1CC(C)CC(N2CCCCC2C2CCCN2)C1. The van der Waals surface area contributed by atoms with E-state index in [1.54, 1.807) is 0 Å². The van der Waals surface area contributed by atoms with Gasteiger partial charge in [0.25, 0.3) is 0 Å². The molecule has 1 saturated carbocycles. The van der Waals surface area contributed by atoms with Crippen LogP contribution in [0, 0.1) is 11.8 Å². The van der Waals surface area contributed by atoms with E-state index in [-0.39, 0.29) is 0 Å². The monoisotopic (exact) mass is 264 g/mol. The Hall–Kier alpha value is -0.0800. The van der Waals surface area contributed by atoms with Crippen molar-refractivity contribution in [2.75, 3.05) is 13.1 Å². The first-order valence-corrected chi connectivity index (χ1v) is 8.73. The molecule has 0 spiro atoms. The van der Waals surface area contributed by atoms with E-state index in [9.17, 15) is 0 Å². The Morgan fingerprint density at radius 2 is 1.68 bits per heavy atom. The van der Waals surface area contributed by atoms with Crippen molar-refractivity contribution in [1.82, 2.24) is 10.2 Å². The molecule has 1 N–H and O–H groups in total. The zero-order valence-corrected chi connectivity index (χ0v) is 12.9. The molecule has 2 heterocycles. The van der Waals surface area contributed by atoms with E-state index in [0.717, 1.165) is 30.0 Å². The van der Waals surface area contributed by atoms with Crippen LogP contribution in [-0.4, -0.2) is 36.1 Å². The topological polar surface area (TPSA) is 15.3 Å². The summed E-state index contributed by atoms with van der Waals surface area (Å²) < 4.78 is 0. The first kappa shape index (κ1) is 13.9. The number of nitrogens with one attached hydrogen (secondary N) is 1. The second-order valence-corrected chi connectivity index (χ2v) is 7.58. The van der Waals surface area contributed by atoms with Crippen LogP contribution in [0.4, 0.5) is 0 Å². The lowest BCUT2D eigenvalue weighted by molar-refractivity contribution is 0.0324. The Morgan fingerprint density at radius 1 is 0.895 bits per heavy atom. The predicted molar refractivity (Wildman–Crippen MR) is 81.3 cm³/mol. The number of hydrogen-bond acceptors (Lipinski definition) is 2. The second kappa shape index (κ2) is 6.13. The summed E-state index contributed by atoms with van der Waals surface area (Å²) >= 11 is 0. The molecule has 0 aromatic rings. The Bertz CT molecular complexity index is 275. The predicted octanol–water partition coefficient (Wildman–Crippen LogP) is 3.42. The summed E-state index contributed by atoms with van der Waals surface area (Å²) in [5, 5.41) is 3.78. The van der Waals surface area contributed by atoms with Gasteiger partial charge in [-0.05, 0) is 69.9 Å². The summed E-state index contributed by atoms with van der Waals surface area (Å²) in [5.41, 5.74) is 0. The van der Waals surface area contributed by atoms with Crippen molar-refractivity contribution in [3.05, 3.63) is 0 Å². The molecular formula is C17H32N2. The van der Waals surface area contributed by atoms with Crippen LogP contribution < -0.4 is 5.32 Å². The summed E-state index contributed by atoms with van der Waals surface area (Å²) in [6.45, 7) is 7.56. The summed E-state index contributed by atoms with van der Waals surface area (Å²) in [4.78, 5) is 2.93. The normalized spacial score (nSPS) is 45.5. The number of nitrogens with zero attached hydrogens (tertiary/aromatic N) is 1. The standard InChI is InChI=1S/C17H32N2/c1-13-10-14(2)12-15(11-13)19-9-4-3-7-17(19)16-6-5-8-18-16/h13-18H,3-12H2,1-2H3. The van der Waals surface area contributed by atoms with Crippen LogP contribution in [-0.2, 0) is 0 Å². The average molecular weight is 264 g/mol. The van der Waals surface area contributed by atoms with Gasteiger partial charge in [-0.2, -0.15) is 0 Å². The van der Waals surface area contributed by atoms with Gasteiger partial charge in [0.05, 0.1) is 0 Å². The molecule has 0 radical (unpaired) electrons. The first-order chi connectivity index (χ1) is 9.24. The fourth-order valence-corrected chi connectivity index (χ4v) is 5.08. The molecule has 0 bridgehead atoms. The van der Waals surface area contributed by atoms with Gasteiger partial charge in [0.1, 0.15) is 0 Å². The molecule has 2 saturated heterocycles. The third-order valence-corrected chi connectivity index (χ3v) is 5.78. The molecule has 19 heavy (non-hydrogen) atoms. The van der Waals surface area contributed by atoms with E-state index in [2.05, 4.69) is 24.1 Å². The molecular weight excluding hydrogens is 232 g/mol. The molecule has 0 aromatic heterocycles. The molecule has 0 amide bonds. The van der Waals surface area contributed by atoms with E-state index in [0.29, 0.717) is 0 Å². The van der Waals surface area contributed by atoms with Gasteiger partial charge < -0.3 is 5.32 Å². The second-order valence-electron chi connectivity index (χ2n) is 7.58. The average Bonchev–Trinajstić information content (AvgIpc) is 2.91. The van der Waals surface area contributed by atoms with Crippen molar-refractivity contribution < 1.29 is 0 Å². The fraction of sp³-hybridized carbons (Fsp3) is 1.00. The lowest BCUT2D eigenvalue weighted by Gasteiger charge is -2.47. The van der Waals surface area contributed by atoms with Crippen LogP contribution in [0.1, 0.15) is 65.2 Å². The largest absolute Gasteiger partial charge is 0.312 e. The van der Waals surface area contributed by atoms with Gasteiger partial charge in [0.2, 0.25) is 0 Å². The van der Waals surface area contributed by atoms with Crippen molar-refractivity contribution in [1.29, 1.82) is 0 Å². The van der Waals surface area contributed by atoms with Gasteiger partial charge >= 0.3 is 0 Å². The highest BCUT2D eigenvalue weighted by Gasteiger charge is 2.37. The summed E-state index contributed by atoms with van der Waals surface area (Å²) in [6.07, 6.45) is 11.5. The molecule has 3 fully saturated rings. The van der Waals surface area contributed by atoms with Gasteiger partial charge in [0.15, 0.2) is 0 Å². The van der Waals surface area contributed by atoms with E-state index in [1.807, 2.05) is 0 Å².